The van der Waals surface area contributed by atoms with Crippen molar-refractivity contribution < 1.29 is 13.7 Å². The Morgan fingerprint density at radius 2 is 2.38 bits per heavy atom. The van der Waals surface area contributed by atoms with Gasteiger partial charge in [0, 0.05) is 12.2 Å². The summed E-state index contributed by atoms with van der Waals surface area (Å²) < 4.78 is 17.4. The highest BCUT2D eigenvalue weighted by molar-refractivity contribution is 8.19. The fraction of sp³-hybridized carbons (Fsp3) is 0.500. The number of allylic oxidation sites excluding steroid dienone is 1. The first kappa shape index (κ1) is 11.7. The molecule has 1 atom stereocenters. The quantitative estimate of drug-likeness (QED) is 0.755. The molecule has 2 N–H and O–H groups in total. The number of rotatable bonds is 2. The Hall–Kier alpha value is -0.750. The molecule has 2 aliphatic rings. The van der Waals surface area contributed by atoms with Crippen LogP contribution < -0.4 is 5.73 Å². The number of nitrogens with two attached hydrogens (primary N) is 1. The first-order chi connectivity index (χ1) is 7.63. The van der Waals surface area contributed by atoms with Gasteiger partial charge in [0.25, 0.3) is 0 Å². The summed E-state index contributed by atoms with van der Waals surface area (Å²) in [5.41, 5.74) is 7.40. The van der Waals surface area contributed by atoms with E-state index in [-0.39, 0.29) is 5.97 Å². The zero-order chi connectivity index (χ0) is 11.7. The Bertz CT molecular complexity index is 426. The summed E-state index contributed by atoms with van der Waals surface area (Å²) in [5, 5.41) is 0.437. The number of carbonyl (C=O) groups excluding carboxylic acids is 1. The zero-order valence-electron chi connectivity index (χ0n) is 8.95. The average Bonchev–Trinajstić information content (AvgIpc) is 2.59. The molecule has 0 fully saturated rings. The molecule has 0 amide bonds. The highest BCUT2D eigenvalue weighted by atomic mass is 32.2. The Morgan fingerprint density at radius 3 is 3.06 bits per heavy atom. The van der Waals surface area contributed by atoms with Crippen LogP contribution >= 0.6 is 11.8 Å². The fourth-order valence-corrected chi connectivity index (χ4v) is 4.51. The monoisotopic (exact) mass is 259 g/mol. The average molecular weight is 259 g/mol. The Morgan fingerprint density at radius 1 is 1.62 bits per heavy atom. The number of ether oxygens (including phenoxy) is 1. The lowest BCUT2D eigenvalue weighted by molar-refractivity contribution is -0.138. The van der Waals surface area contributed by atoms with Gasteiger partial charge >= 0.3 is 5.97 Å². The van der Waals surface area contributed by atoms with Crippen molar-refractivity contribution in [3.8, 4) is 0 Å². The predicted octanol–water partition coefficient (Wildman–Crippen LogP) is 1.22. The maximum absolute atomic E-state index is 11.6. The lowest BCUT2D eigenvalue weighted by Crippen LogP contribution is -2.16. The van der Waals surface area contributed by atoms with Crippen molar-refractivity contribution in [2.75, 3.05) is 12.4 Å². The largest absolute Gasteiger partial charge is 0.463 e. The van der Waals surface area contributed by atoms with Crippen molar-refractivity contribution in [1.29, 1.82) is 0 Å². The summed E-state index contributed by atoms with van der Waals surface area (Å²) in [6.07, 6.45) is 1.30. The maximum atomic E-state index is 11.6. The topological polar surface area (TPSA) is 69.4 Å². The maximum Gasteiger partial charge on any atom is 0.336 e. The van der Waals surface area contributed by atoms with Gasteiger partial charge in [0.2, 0.25) is 0 Å². The molecule has 0 saturated carbocycles. The van der Waals surface area contributed by atoms with E-state index in [1.807, 2.05) is 0 Å². The Labute approximate surface area is 101 Å². The lowest BCUT2D eigenvalue weighted by atomic mass is 10.1. The van der Waals surface area contributed by atoms with Gasteiger partial charge < -0.3 is 10.5 Å². The van der Waals surface area contributed by atoms with Gasteiger partial charge in [0.05, 0.1) is 32.2 Å². The molecule has 0 aliphatic carbocycles. The highest BCUT2D eigenvalue weighted by Crippen LogP contribution is 2.43. The molecule has 0 radical (unpaired) electrons. The van der Waals surface area contributed by atoms with E-state index in [0.717, 1.165) is 16.2 Å². The van der Waals surface area contributed by atoms with E-state index >= 15 is 0 Å². The third-order valence-electron chi connectivity index (χ3n) is 2.50. The molecule has 16 heavy (non-hydrogen) atoms. The van der Waals surface area contributed by atoms with Gasteiger partial charge in [-0.1, -0.05) is 11.8 Å². The van der Waals surface area contributed by atoms with Crippen LogP contribution in [0, 0.1) is 0 Å². The van der Waals surface area contributed by atoms with Gasteiger partial charge in [-0.25, -0.2) is 4.79 Å². The van der Waals surface area contributed by atoms with Gasteiger partial charge in [-0.3, -0.25) is 4.21 Å². The second-order valence-corrected chi connectivity index (χ2v) is 6.35. The van der Waals surface area contributed by atoms with Crippen LogP contribution in [0.2, 0.25) is 0 Å². The minimum Gasteiger partial charge on any atom is -0.463 e. The van der Waals surface area contributed by atoms with Crippen molar-refractivity contribution in [2.24, 2.45) is 5.73 Å². The summed E-state index contributed by atoms with van der Waals surface area (Å²) in [6.45, 7) is 2.11. The summed E-state index contributed by atoms with van der Waals surface area (Å²) in [5.74, 6) is 0.304. The first-order valence-corrected chi connectivity index (χ1v) is 7.21. The van der Waals surface area contributed by atoms with Gasteiger partial charge in [-0.2, -0.15) is 0 Å². The number of hydrogen-bond donors (Lipinski definition) is 1. The lowest BCUT2D eigenvalue weighted by Gasteiger charge is -2.17. The van der Waals surface area contributed by atoms with Gasteiger partial charge in [0.15, 0.2) is 0 Å². The van der Waals surface area contributed by atoms with Gasteiger partial charge in [-0.05, 0) is 18.9 Å². The van der Waals surface area contributed by atoms with Crippen LogP contribution in [0.3, 0.4) is 0 Å². The smallest absolute Gasteiger partial charge is 0.336 e. The SMILES string of the molecule is CCOC(=O)C1=C(N)SC2=C(CCS2=O)C1. The first-order valence-electron chi connectivity index (χ1n) is 5.07. The molecule has 2 heterocycles. The van der Waals surface area contributed by atoms with Crippen molar-refractivity contribution in [1.82, 2.24) is 0 Å². The van der Waals surface area contributed by atoms with E-state index in [9.17, 15) is 9.00 Å². The molecule has 0 aromatic heterocycles. The summed E-state index contributed by atoms with van der Waals surface area (Å²) in [7, 11) is -0.916. The van der Waals surface area contributed by atoms with E-state index in [1.165, 1.54) is 11.8 Å². The molecular weight excluding hydrogens is 246 g/mol. The normalized spacial score (nSPS) is 24.7. The Kier molecular flexibility index (Phi) is 3.39. The number of carbonyl (C=O) groups is 1. The summed E-state index contributed by atoms with van der Waals surface area (Å²) in [4.78, 5) is 11.6. The predicted molar refractivity (Wildman–Crippen MR) is 64.7 cm³/mol. The van der Waals surface area contributed by atoms with Crippen LogP contribution in [0.4, 0.5) is 0 Å². The van der Waals surface area contributed by atoms with E-state index in [0.29, 0.717) is 29.4 Å². The minimum atomic E-state index is -0.916. The van der Waals surface area contributed by atoms with Crippen LogP contribution in [0.25, 0.3) is 0 Å². The van der Waals surface area contributed by atoms with Crippen LogP contribution in [0.5, 0.6) is 0 Å². The Balaban J connectivity index is 2.19. The molecule has 6 heteroatoms. The zero-order valence-corrected chi connectivity index (χ0v) is 10.6. The molecule has 2 rings (SSSR count). The van der Waals surface area contributed by atoms with Gasteiger partial charge in [0.1, 0.15) is 0 Å². The van der Waals surface area contributed by atoms with Crippen LogP contribution in [-0.4, -0.2) is 22.5 Å². The van der Waals surface area contributed by atoms with Crippen molar-refractivity contribution in [3.05, 3.63) is 20.4 Å². The van der Waals surface area contributed by atoms with Crippen molar-refractivity contribution in [3.63, 3.8) is 0 Å². The molecular formula is C10H13NO3S2. The molecule has 0 saturated heterocycles. The number of thioether (sulfide) groups is 1. The molecule has 0 aromatic carbocycles. The molecule has 0 spiro atoms. The summed E-state index contributed by atoms with van der Waals surface area (Å²) in [6, 6.07) is 0. The summed E-state index contributed by atoms with van der Waals surface area (Å²) >= 11 is 1.26. The van der Waals surface area contributed by atoms with Crippen LogP contribution in [0.1, 0.15) is 19.8 Å². The standard InChI is InChI=1S/C10H13NO3S2/c1-2-14-9(12)7-5-6-3-4-16(13)10(6)15-8(7)11/h2-5,11H2,1H3. The van der Waals surface area contributed by atoms with Crippen molar-refractivity contribution >= 4 is 28.5 Å². The molecule has 0 bridgehead atoms. The fourth-order valence-electron chi connectivity index (χ4n) is 1.70. The number of esters is 1. The second kappa shape index (κ2) is 4.63. The van der Waals surface area contributed by atoms with Crippen molar-refractivity contribution in [2.45, 2.75) is 19.8 Å². The van der Waals surface area contributed by atoms with Gasteiger partial charge in [-0.15, -0.1) is 0 Å². The molecule has 0 aromatic rings. The van der Waals surface area contributed by atoms with E-state index < -0.39 is 10.8 Å². The highest BCUT2D eigenvalue weighted by Gasteiger charge is 2.31. The van der Waals surface area contributed by atoms with E-state index in [2.05, 4.69) is 0 Å². The van der Waals surface area contributed by atoms with Crippen LogP contribution in [0.15, 0.2) is 20.4 Å². The second-order valence-electron chi connectivity index (χ2n) is 3.53. The molecule has 88 valence electrons. The van der Waals surface area contributed by atoms with E-state index in [1.54, 1.807) is 6.92 Å². The van der Waals surface area contributed by atoms with Crippen LogP contribution in [-0.2, 0) is 20.3 Å². The van der Waals surface area contributed by atoms with E-state index in [4.69, 9.17) is 10.5 Å². The molecule has 2 aliphatic heterocycles. The third kappa shape index (κ3) is 2.04. The number of hydrogen-bond acceptors (Lipinski definition) is 5. The third-order valence-corrected chi connectivity index (χ3v) is 5.52. The molecule has 4 nitrogen and oxygen atoms in total. The molecule has 1 unspecified atom stereocenters. The minimum absolute atomic E-state index is 0.345.